The molecule has 108 valence electrons. The lowest BCUT2D eigenvalue weighted by atomic mass is 10.2. The van der Waals surface area contributed by atoms with E-state index in [1.807, 2.05) is 0 Å². The third-order valence-corrected chi connectivity index (χ3v) is 5.41. The highest BCUT2D eigenvalue weighted by atomic mass is 35.5. The lowest BCUT2D eigenvalue weighted by Crippen LogP contribution is -2.42. The van der Waals surface area contributed by atoms with Gasteiger partial charge in [-0.3, -0.25) is 4.79 Å². The van der Waals surface area contributed by atoms with Crippen molar-refractivity contribution in [2.24, 2.45) is 0 Å². The lowest BCUT2D eigenvalue weighted by Gasteiger charge is -2.11. The maximum atomic E-state index is 11.7. The van der Waals surface area contributed by atoms with E-state index < -0.39 is 10.0 Å². The Labute approximate surface area is 122 Å². The van der Waals surface area contributed by atoms with Crippen molar-refractivity contribution < 1.29 is 13.2 Å². The number of nitrogens with one attached hydrogen (secondary N) is 3. The molecule has 6 nitrogen and oxygen atoms in total. The molecule has 19 heavy (non-hydrogen) atoms. The van der Waals surface area contributed by atoms with Crippen LogP contribution in [-0.4, -0.2) is 40.0 Å². The Bertz CT molecular complexity index is 498. The minimum atomic E-state index is -3.55. The highest BCUT2D eigenvalue weighted by molar-refractivity contribution is 7.91. The largest absolute Gasteiger partial charge is 0.351 e. The van der Waals surface area contributed by atoms with E-state index in [-0.39, 0.29) is 35.1 Å². The minimum Gasteiger partial charge on any atom is -0.351 e. The summed E-state index contributed by atoms with van der Waals surface area (Å²) in [5.41, 5.74) is 0. The van der Waals surface area contributed by atoms with Gasteiger partial charge in [0.25, 0.3) is 10.0 Å². The van der Waals surface area contributed by atoms with Gasteiger partial charge < -0.3 is 10.6 Å². The normalized spacial score (nSPS) is 18.8. The third kappa shape index (κ3) is 4.73. The maximum Gasteiger partial charge on any atom is 0.250 e. The van der Waals surface area contributed by atoms with Gasteiger partial charge in [0.1, 0.15) is 4.21 Å². The first-order valence-electron chi connectivity index (χ1n) is 5.61. The summed E-state index contributed by atoms with van der Waals surface area (Å²) < 4.78 is 26.0. The van der Waals surface area contributed by atoms with Crippen molar-refractivity contribution in [1.82, 2.24) is 15.4 Å². The first kappa shape index (κ1) is 16.4. The van der Waals surface area contributed by atoms with Crippen LogP contribution >= 0.6 is 23.7 Å². The minimum absolute atomic E-state index is 0. The number of hydrogen-bond donors (Lipinski definition) is 3. The highest BCUT2D eigenvalue weighted by Gasteiger charge is 2.19. The fourth-order valence-corrected chi connectivity index (χ4v) is 3.72. The van der Waals surface area contributed by atoms with Gasteiger partial charge in [0.2, 0.25) is 5.91 Å². The molecule has 1 unspecified atom stereocenters. The molecule has 1 amide bonds. The molecular weight excluding hydrogens is 310 g/mol. The van der Waals surface area contributed by atoms with Crippen LogP contribution in [0.2, 0.25) is 0 Å². The van der Waals surface area contributed by atoms with E-state index in [1.54, 1.807) is 11.4 Å². The summed E-state index contributed by atoms with van der Waals surface area (Å²) in [6.45, 7) is 1.39. The standard InChI is InChI=1S/C10H15N3O3S2.ClH/c14-9(13-8-3-4-11-6-8)7-12-18(15,16)10-2-1-5-17-10;/h1-2,5,8,11-12H,3-4,6-7H2,(H,13,14);1H. The first-order chi connectivity index (χ1) is 8.58. The Hall–Kier alpha value is -0.670. The second-order valence-corrected chi connectivity index (χ2v) is 6.96. The first-order valence-corrected chi connectivity index (χ1v) is 7.97. The summed E-state index contributed by atoms with van der Waals surface area (Å²) in [5, 5.41) is 7.57. The Morgan fingerprint density at radius 3 is 2.89 bits per heavy atom. The molecule has 2 heterocycles. The van der Waals surface area contributed by atoms with Crippen molar-refractivity contribution in [3.8, 4) is 0 Å². The molecule has 1 aromatic rings. The molecule has 1 atom stereocenters. The highest BCUT2D eigenvalue weighted by Crippen LogP contribution is 2.14. The van der Waals surface area contributed by atoms with Gasteiger partial charge in [0, 0.05) is 12.6 Å². The molecule has 0 bridgehead atoms. The van der Waals surface area contributed by atoms with E-state index in [2.05, 4.69) is 15.4 Å². The fourth-order valence-electron chi connectivity index (χ4n) is 1.70. The summed E-state index contributed by atoms with van der Waals surface area (Å²) >= 11 is 1.12. The van der Waals surface area contributed by atoms with Crippen molar-refractivity contribution in [3.63, 3.8) is 0 Å². The molecule has 0 spiro atoms. The molecule has 0 radical (unpaired) electrons. The molecule has 1 fully saturated rings. The lowest BCUT2D eigenvalue weighted by molar-refractivity contribution is -0.120. The van der Waals surface area contributed by atoms with Gasteiger partial charge in [-0.05, 0) is 24.4 Å². The second-order valence-electron chi connectivity index (χ2n) is 4.01. The summed E-state index contributed by atoms with van der Waals surface area (Å²) in [4.78, 5) is 11.6. The van der Waals surface area contributed by atoms with Gasteiger partial charge in [0.05, 0.1) is 6.54 Å². The van der Waals surface area contributed by atoms with Crippen LogP contribution in [-0.2, 0) is 14.8 Å². The number of carbonyl (C=O) groups excluding carboxylic acids is 1. The van der Waals surface area contributed by atoms with Crippen LogP contribution in [0.15, 0.2) is 21.7 Å². The van der Waals surface area contributed by atoms with Crippen LogP contribution in [0.4, 0.5) is 0 Å². The van der Waals surface area contributed by atoms with Crippen LogP contribution < -0.4 is 15.4 Å². The summed E-state index contributed by atoms with van der Waals surface area (Å²) in [5.74, 6) is -0.302. The van der Waals surface area contributed by atoms with E-state index in [9.17, 15) is 13.2 Å². The maximum absolute atomic E-state index is 11.7. The average Bonchev–Trinajstić information content (AvgIpc) is 2.99. The molecule has 1 aliphatic rings. The van der Waals surface area contributed by atoms with Gasteiger partial charge in [-0.25, -0.2) is 13.1 Å². The van der Waals surface area contributed by atoms with Crippen LogP contribution in [0.3, 0.4) is 0 Å². The van der Waals surface area contributed by atoms with Gasteiger partial charge in [-0.1, -0.05) is 6.07 Å². The molecule has 0 aliphatic carbocycles. The van der Waals surface area contributed by atoms with E-state index in [4.69, 9.17) is 0 Å². The monoisotopic (exact) mass is 325 g/mol. The van der Waals surface area contributed by atoms with Crippen LogP contribution in [0.1, 0.15) is 6.42 Å². The van der Waals surface area contributed by atoms with Gasteiger partial charge in [0.15, 0.2) is 0 Å². The van der Waals surface area contributed by atoms with Crippen molar-refractivity contribution in [2.75, 3.05) is 19.6 Å². The number of halogens is 1. The summed E-state index contributed by atoms with van der Waals surface area (Å²) in [6.07, 6.45) is 0.878. The number of rotatable bonds is 5. The Balaban J connectivity index is 0.00000180. The van der Waals surface area contributed by atoms with Crippen molar-refractivity contribution in [2.45, 2.75) is 16.7 Å². The number of hydrogen-bond acceptors (Lipinski definition) is 5. The third-order valence-electron chi connectivity index (χ3n) is 2.61. The number of sulfonamides is 1. The van der Waals surface area contributed by atoms with Crippen molar-refractivity contribution in [1.29, 1.82) is 0 Å². The van der Waals surface area contributed by atoms with Crippen molar-refractivity contribution >= 4 is 39.7 Å². The van der Waals surface area contributed by atoms with Gasteiger partial charge in [-0.15, -0.1) is 23.7 Å². The van der Waals surface area contributed by atoms with E-state index in [0.29, 0.717) is 0 Å². The number of carbonyl (C=O) groups is 1. The Kier molecular flexibility index (Phi) is 6.21. The zero-order valence-electron chi connectivity index (χ0n) is 10.1. The van der Waals surface area contributed by atoms with Crippen LogP contribution in [0, 0.1) is 0 Å². The van der Waals surface area contributed by atoms with E-state index >= 15 is 0 Å². The quantitative estimate of drug-likeness (QED) is 0.707. The second kappa shape index (κ2) is 7.20. The predicted molar refractivity (Wildman–Crippen MR) is 76.2 cm³/mol. The van der Waals surface area contributed by atoms with Crippen LogP contribution in [0.5, 0.6) is 0 Å². The number of amides is 1. The molecule has 3 N–H and O–H groups in total. The molecule has 1 aliphatic heterocycles. The van der Waals surface area contributed by atoms with E-state index in [0.717, 1.165) is 30.8 Å². The molecule has 1 saturated heterocycles. The fraction of sp³-hybridized carbons (Fsp3) is 0.500. The zero-order valence-corrected chi connectivity index (χ0v) is 12.5. The Morgan fingerprint density at radius 2 is 2.32 bits per heavy atom. The Morgan fingerprint density at radius 1 is 1.53 bits per heavy atom. The van der Waals surface area contributed by atoms with Gasteiger partial charge in [-0.2, -0.15) is 0 Å². The molecule has 1 aromatic heterocycles. The zero-order chi connectivity index (χ0) is 13.0. The SMILES string of the molecule is Cl.O=C(CNS(=O)(=O)c1cccs1)NC1CCNC1. The van der Waals surface area contributed by atoms with Gasteiger partial charge >= 0.3 is 0 Å². The van der Waals surface area contributed by atoms with Crippen molar-refractivity contribution in [3.05, 3.63) is 17.5 Å². The predicted octanol–water partition coefficient (Wildman–Crippen LogP) is -0.0737. The smallest absolute Gasteiger partial charge is 0.250 e. The van der Waals surface area contributed by atoms with Crippen LogP contribution in [0.25, 0.3) is 0 Å². The molecule has 2 rings (SSSR count). The summed E-state index contributed by atoms with van der Waals surface area (Å²) in [6, 6.07) is 3.26. The molecule has 0 aromatic carbocycles. The molecule has 9 heteroatoms. The number of thiophene rings is 1. The topological polar surface area (TPSA) is 87.3 Å². The summed E-state index contributed by atoms with van der Waals surface area (Å²) in [7, 11) is -3.55. The van der Waals surface area contributed by atoms with E-state index in [1.165, 1.54) is 6.07 Å². The molecule has 0 saturated carbocycles. The molecular formula is C10H16ClN3O3S2. The average molecular weight is 326 g/mol.